The molecular formula is C15H23F3N4O. The summed E-state index contributed by atoms with van der Waals surface area (Å²) in [6.45, 7) is 7.71. The molecule has 0 amide bonds. The molecule has 2 unspecified atom stereocenters. The normalized spacial score (nSPS) is 23.0. The largest absolute Gasteiger partial charge is 0.435 e. The monoisotopic (exact) mass is 332 g/mol. The standard InChI is InChI=1S/C15H23F3N4O/c1-11-9-22(10-12(2)23-11)8-4-3-7-19-14-6-5-13(20-21-14)15(16,17)18/h5-6,11-12H,3-4,7-10H2,1-2H3,(H,19,21). The average molecular weight is 332 g/mol. The van der Waals surface area contributed by atoms with Crippen LogP contribution in [0.15, 0.2) is 12.1 Å². The van der Waals surface area contributed by atoms with Crippen LogP contribution in [0, 0.1) is 0 Å². The van der Waals surface area contributed by atoms with Gasteiger partial charge in [0, 0.05) is 19.6 Å². The highest BCUT2D eigenvalue weighted by Crippen LogP contribution is 2.27. The predicted octanol–water partition coefficient (Wildman–Crippen LogP) is 2.80. The number of hydrogen-bond acceptors (Lipinski definition) is 5. The average Bonchev–Trinajstić information content (AvgIpc) is 2.45. The number of nitrogens with zero attached hydrogens (tertiary/aromatic N) is 3. The summed E-state index contributed by atoms with van der Waals surface area (Å²) in [6.07, 6.45) is -1.99. The molecule has 2 atom stereocenters. The lowest BCUT2D eigenvalue weighted by Crippen LogP contribution is -2.45. The summed E-state index contributed by atoms with van der Waals surface area (Å²) in [4.78, 5) is 2.39. The molecule has 0 aromatic carbocycles. The lowest BCUT2D eigenvalue weighted by atomic mass is 10.2. The van der Waals surface area contributed by atoms with E-state index < -0.39 is 11.9 Å². The second kappa shape index (κ2) is 7.92. The third-order valence-corrected chi connectivity index (χ3v) is 3.66. The number of morpholine rings is 1. The third kappa shape index (κ3) is 5.95. The third-order valence-electron chi connectivity index (χ3n) is 3.66. The zero-order chi connectivity index (χ0) is 16.9. The summed E-state index contributed by atoms with van der Waals surface area (Å²) >= 11 is 0. The molecule has 0 aliphatic carbocycles. The Balaban J connectivity index is 1.64. The summed E-state index contributed by atoms with van der Waals surface area (Å²) in [7, 11) is 0. The fraction of sp³-hybridized carbons (Fsp3) is 0.733. The van der Waals surface area contributed by atoms with Gasteiger partial charge in [0.25, 0.3) is 0 Å². The highest BCUT2D eigenvalue weighted by atomic mass is 19.4. The van der Waals surface area contributed by atoms with Crippen molar-refractivity contribution in [3.8, 4) is 0 Å². The Morgan fingerprint density at radius 2 is 1.87 bits per heavy atom. The number of alkyl halides is 3. The van der Waals surface area contributed by atoms with Gasteiger partial charge < -0.3 is 10.1 Å². The van der Waals surface area contributed by atoms with Crippen molar-refractivity contribution in [3.05, 3.63) is 17.8 Å². The summed E-state index contributed by atoms with van der Waals surface area (Å²) in [5.74, 6) is 0.367. The van der Waals surface area contributed by atoms with Crippen LogP contribution in [0.2, 0.25) is 0 Å². The van der Waals surface area contributed by atoms with Crippen molar-refractivity contribution in [2.75, 3.05) is 31.5 Å². The number of anilines is 1. The maximum absolute atomic E-state index is 12.4. The summed E-state index contributed by atoms with van der Waals surface area (Å²) in [5.41, 5.74) is -0.974. The van der Waals surface area contributed by atoms with E-state index in [1.54, 1.807) is 0 Å². The molecule has 0 spiro atoms. The molecule has 1 aliphatic heterocycles. The summed E-state index contributed by atoms with van der Waals surface area (Å²) in [6, 6.07) is 2.24. The van der Waals surface area contributed by atoms with Crippen LogP contribution in [0.5, 0.6) is 0 Å². The number of hydrogen-bond donors (Lipinski definition) is 1. The summed E-state index contributed by atoms with van der Waals surface area (Å²) < 4.78 is 42.8. The first-order valence-corrected chi connectivity index (χ1v) is 7.87. The second-order valence-corrected chi connectivity index (χ2v) is 5.95. The Labute approximate surface area is 134 Å². The second-order valence-electron chi connectivity index (χ2n) is 5.95. The minimum absolute atomic E-state index is 0.263. The molecule has 23 heavy (non-hydrogen) atoms. The maximum atomic E-state index is 12.4. The van der Waals surface area contributed by atoms with Crippen LogP contribution in [-0.2, 0) is 10.9 Å². The Morgan fingerprint density at radius 1 is 1.17 bits per heavy atom. The molecule has 1 fully saturated rings. The Morgan fingerprint density at radius 3 is 2.43 bits per heavy atom. The van der Waals surface area contributed by atoms with Crippen molar-refractivity contribution in [2.24, 2.45) is 0 Å². The molecule has 2 heterocycles. The van der Waals surface area contributed by atoms with Gasteiger partial charge in [0.1, 0.15) is 5.82 Å². The minimum atomic E-state index is -4.45. The molecule has 1 aromatic heterocycles. The smallest absolute Gasteiger partial charge is 0.373 e. The van der Waals surface area contributed by atoms with Crippen LogP contribution < -0.4 is 5.32 Å². The van der Waals surface area contributed by atoms with Gasteiger partial charge >= 0.3 is 6.18 Å². The quantitative estimate of drug-likeness (QED) is 0.812. The Kier molecular flexibility index (Phi) is 6.17. The van der Waals surface area contributed by atoms with Gasteiger partial charge in [-0.25, -0.2) is 0 Å². The molecule has 2 rings (SSSR count). The molecule has 1 N–H and O–H groups in total. The van der Waals surface area contributed by atoms with Crippen molar-refractivity contribution in [2.45, 2.75) is 45.1 Å². The fourth-order valence-corrected chi connectivity index (χ4v) is 2.72. The number of ether oxygens (including phenoxy) is 1. The lowest BCUT2D eigenvalue weighted by molar-refractivity contribution is -0.141. The van der Waals surface area contributed by atoms with E-state index in [4.69, 9.17) is 4.74 Å². The zero-order valence-corrected chi connectivity index (χ0v) is 13.4. The van der Waals surface area contributed by atoms with E-state index in [9.17, 15) is 13.2 Å². The van der Waals surface area contributed by atoms with Crippen molar-refractivity contribution >= 4 is 5.82 Å². The maximum Gasteiger partial charge on any atom is 0.435 e. The minimum Gasteiger partial charge on any atom is -0.373 e. The van der Waals surface area contributed by atoms with E-state index in [0.717, 1.165) is 38.5 Å². The van der Waals surface area contributed by atoms with Gasteiger partial charge in [0.05, 0.1) is 12.2 Å². The molecule has 5 nitrogen and oxygen atoms in total. The molecule has 130 valence electrons. The van der Waals surface area contributed by atoms with Gasteiger partial charge in [-0.2, -0.15) is 13.2 Å². The van der Waals surface area contributed by atoms with Gasteiger partial charge in [-0.3, -0.25) is 4.90 Å². The molecule has 0 bridgehead atoms. The van der Waals surface area contributed by atoms with Crippen LogP contribution in [0.3, 0.4) is 0 Å². The van der Waals surface area contributed by atoms with Crippen LogP contribution in [-0.4, -0.2) is 53.5 Å². The zero-order valence-electron chi connectivity index (χ0n) is 13.4. The highest BCUT2D eigenvalue weighted by molar-refractivity contribution is 5.33. The van der Waals surface area contributed by atoms with E-state index in [2.05, 4.69) is 34.3 Å². The first-order valence-electron chi connectivity index (χ1n) is 7.87. The van der Waals surface area contributed by atoms with Gasteiger partial charge in [-0.1, -0.05) is 0 Å². The van der Waals surface area contributed by atoms with E-state index >= 15 is 0 Å². The first-order chi connectivity index (χ1) is 10.8. The van der Waals surface area contributed by atoms with Crippen LogP contribution in [0.1, 0.15) is 32.4 Å². The van der Waals surface area contributed by atoms with Gasteiger partial charge in [-0.15, -0.1) is 10.2 Å². The van der Waals surface area contributed by atoms with Crippen molar-refractivity contribution < 1.29 is 17.9 Å². The van der Waals surface area contributed by atoms with E-state index in [0.29, 0.717) is 12.4 Å². The summed E-state index contributed by atoms with van der Waals surface area (Å²) in [5, 5.41) is 9.72. The van der Waals surface area contributed by atoms with E-state index in [-0.39, 0.29) is 12.2 Å². The van der Waals surface area contributed by atoms with Crippen LogP contribution >= 0.6 is 0 Å². The lowest BCUT2D eigenvalue weighted by Gasteiger charge is -2.35. The Hall–Kier alpha value is -1.41. The first kappa shape index (κ1) is 17.9. The number of aromatic nitrogens is 2. The van der Waals surface area contributed by atoms with E-state index in [1.165, 1.54) is 6.07 Å². The topological polar surface area (TPSA) is 50.3 Å². The molecular weight excluding hydrogens is 309 g/mol. The van der Waals surface area contributed by atoms with Crippen molar-refractivity contribution in [1.82, 2.24) is 15.1 Å². The SMILES string of the molecule is CC1CN(CCCCNc2ccc(C(F)(F)F)nn2)CC(C)O1. The van der Waals surface area contributed by atoms with E-state index in [1.807, 2.05) is 0 Å². The molecule has 1 aromatic rings. The number of rotatable bonds is 6. The predicted molar refractivity (Wildman–Crippen MR) is 81.2 cm³/mol. The fourth-order valence-electron chi connectivity index (χ4n) is 2.72. The molecule has 8 heteroatoms. The van der Waals surface area contributed by atoms with Gasteiger partial charge in [0.2, 0.25) is 0 Å². The van der Waals surface area contributed by atoms with Gasteiger partial charge in [0.15, 0.2) is 5.69 Å². The van der Waals surface area contributed by atoms with Gasteiger partial charge in [-0.05, 0) is 45.4 Å². The Bertz CT molecular complexity index is 471. The van der Waals surface area contributed by atoms with Crippen LogP contribution in [0.4, 0.5) is 19.0 Å². The number of halogens is 3. The van der Waals surface area contributed by atoms with Crippen molar-refractivity contribution in [1.29, 1.82) is 0 Å². The molecule has 0 saturated carbocycles. The van der Waals surface area contributed by atoms with Crippen LogP contribution in [0.25, 0.3) is 0 Å². The number of unbranched alkanes of at least 4 members (excludes halogenated alkanes) is 1. The molecule has 1 aliphatic rings. The molecule has 0 radical (unpaired) electrons. The molecule has 1 saturated heterocycles. The number of nitrogens with one attached hydrogen (secondary N) is 1. The van der Waals surface area contributed by atoms with Crippen molar-refractivity contribution in [3.63, 3.8) is 0 Å². The highest BCUT2D eigenvalue weighted by Gasteiger charge is 2.32.